The molecule has 2 N–H and O–H groups in total. The van der Waals surface area contributed by atoms with E-state index in [2.05, 4.69) is 15.8 Å². The third-order valence-corrected chi connectivity index (χ3v) is 4.09. The van der Waals surface area contributed by atoms with E-state index in [1.165, 1.54) is 12.5 Å². The van der Waals surface area contributed by atoms with Crippen LogP contribution in [0.3, 0.4) is 0 Å². The van der Waals surface area contributed by atoms with Crippen LogP contribution in [-0.2, 0) is 9.63 Å². The fourth-order valence-corrected chi connectivity index (χ4v) is 2.63. The van der Waals surface area contributed by atoms with Crippen molar-refractivity contribution in [2.45, 2.75) is 13.0 Å². The minimum Gasteiger partial charge on any atom is -0.463 e. The van der Waals surface area contributed by atoms with Gasteiger partial charge in [-0.25, -0.2) is 0 Å². The molecule has 3 aromatic rings. The van der Waals surface area contributed by atoms with Crippen molar-refractivity contribution in [2.75, 3.05) is 11.9 Å². The van der Waals surface area contributed by atoms with Crippen molar-refractivity contribution in [1.82, 2.24) is 5.32 Å². The highest BCUT2D eigenvalue weighted by Gasteiger charge is 2.16. The predicted molar refractivity (Wildman–Crippen MR) is 110 cm³/mol. The van der Waals surface area contributed by atoms with E-state index in [4.69, 9.17) is 9.25 Å². The Morgan fingerprint density at radius 3 is 2.59 bits per heavy atom. The monoisotopic (exact) mass is 391 g/mol. The van der Waals surface area contributed by atoms with Crippen LogP contribution in [0, 0.1) is 0 Å². The Morgan fingerprint density at radius 1 is 1.07 bits per heavy atom. The lowest BCUT2D eigenvalue weighted by Gasteiger charge is -2.16. The maximum atomic E-state index is 12.7. The van der Waals surface area contributed by atoms with Crippen molar-refractivity contribution in [3.8, 4) is 0 Å². The van der Waals surface area contributed by atoms with E-state index in [-0.39, 0.29) is 18.6 Å². The number of benzene rings is 2. The zero-order valence-electron chi connectivity index (χ0n) is 15.9. The summed E-state index contributed by atoms with van der Waals surface area (Å²) in [5.41, 5.74) is 1.75. The highest BCUT2D eigenvalue weighted by atomic mass is 16.6. The number of carbonyl (C=O) groups excluding carboxylic acids is 2. The summed E-state index contributed by atoms with van der Waals surface area (Å²) in [6.45, 7) is 1.60. The molecule has 29 heavy (non-hydrogen) atoms. The molecule has 1 heterocycles. The Bertz CT molecular complexity index is 969. The number of carbonyl (C=O) groups is 2. The van der Waals surface area contributed by atoms with Crippen LogP contribution in [0.5, 0.6) is 0 Å². The van der Waals surface area contributed by atoms with Gasteiger partial charge in [0.15, 0.2) is 6.61 Å². The molecule has 0 saturated carbocycles. The van der Waals surface area contributed by atoms with E-state index in [0.29, 0.717) is 17.0 Å². The maximum absolute atomic E-state index is 12.7. The first-order chi connectivity index (χ1) is 14.1. The molecule has 0 saturated heterocycles. The van der Waals surface area contributed by atoms with Gasteiger partial charge in [-0.3, -0.25) is 9.59 Å². The summed E-state index contributed by atoms with van der Waals surface area (Å²) in [7, 11) is 0. The van der Waals surface area contributed by atoms with E-state index in [1.54, 1.807) is 36.4 Å². The molecule has 0 spiro atoms. The molecule has 1 aromatic heterocycles. The van der Waals surface area contributed by atoms with Gasteiger partial charge in [-0.1, -0.05) is 47.6 Å². The molecule has 0 fully saturated rings. The normalized spacial score (nSPS) is 11.8. The number of hydrogen-bond acceptors (Lipinski definition) is 5. The second-order valence-electron chi connectivity index (χ2n) is 6.22. The van der Waals surface area contributed by atoms with E-state index in [0.717, 1.165) is 5.56 Å². The van der Waals surface area contributed by atoms with E-state index in [9.17, 15) is 9.59 Å². The minimum atomic E-state index is -0.432. The van der Waals surface area contributed by atoms with Crippen LogP contribution in [-0.4, -0.2) is 24.6 Å². The van der Waals surface area contributed by atoms with Gasteiger partial charge in [-0.2, -0.15) is 0 Å². The lowest BCUT2D eigenvalue weighted by atomic mass is 10.1. The molecule has 0 aliphatic carbocycles. The van der Waals surface area contributed by atoms with Crippen molar-refractivity contribution in [3.05, 3.63) is 89.9 Å². The summed E-state index contributed by atoms with van der Waals surface area (Å²) in [6.07, 6.45) is 2.87. The van der Waals surface area contributed by atoms with E-state index in [1.807, 2.05) is 37.3 Å². The van der Waals surface area contributed by atoms with Gasteiger partial charge in [-0.15, -0.1) is 0 Å². The molecular formula is C22H21N3O4. The van der Waals surface area contributed by atoms with Crippen molar-refractivity contribution >= 4 is 23.7 Å². The topological polar surface area (TPSA) is 92.9 Å². The highest BCUT2D eigenvalue weighted by Crippen LogP contribution is 2.18. The molecule has 0 unspecified atom stereocenters. The molecule has 0 aliphatic heterocycles. The average Bonchev–Trinajstić information content (AvgIpc) is 3.26. The van der Waals surface area contributed by atoms with Crippen molar-refractivity contribution in [2.24, 2.45) is 5.16 Å². The fraction of sp³-hybridized carbons (Fsp3) is 0.136. The number of hydrogen-bond donors (Lipinski definition) is 2. The van der Waals surface area contributed by atoms with Gasteiger partial charge in [-0.05, 0) is 36.8 Å². The standard InChI is InChI=1S/C22H21N3O4/c1-16(17-8-3-2-4-9-17)24-22(27)19-11-5-6-12-20(19)25-21(26)15-29-23-14-18-10-7-13-28-18/h2-14,16H,15H2,1H3,(H,24,27)(H,25,26)/b23-14-/t16-/m0/s1. The number of anilines is 1. The van der Waals surface area contributed by atoms with Gasteiger partial charge in [0, 0.05) is 0 Å². The Kier molecular flexibility index (Phi) is 6.78. The Balaban J connectivity index is 1.57. The quantitative estimate of drug-likeness (QED) is 0.452. The number of oxime groups is 1. The molecule has 0 aliphatic rings. The number of para-hydroxylation sites is 1. The van der Waals surface area contributed by atoms with Gasteiger partial charge in [0.05, 0.1) is 23.6 Å². The summed E-state index contributed by atoms with van der Waals surface area (Å²) in [5.74, 6) is -0.202. The van der Waals surface area contributed by atoms with Gasteiger partial charge < -0.3 is 19.9 Å². The third kappa shape index (κ3) is 5.80. The van der Waals surface area contributed by atoms with Gasteiger partial charge in [0.1, 0.15) is 12.0 Å². The predicted octanol–water partition coefficient (Wildman–Crippen LogP) is 3.76. The van der Waals surface area contributed by atoms with Crippen LogP contribution >= 0.6 is 0 Å². The van der Waals surface area contributed by atoms with Crippen LogP contribution < -0.4 is 10.6 Å². The molecule has 2 aromatic carbocycles. The van der Waals surface area contributed by atoms with Crippen LogP contribution in [0.1, 0.15) is 34.6 Å². The van der Waals surface area contributed by atoms with Crippen LogP contribution in [0.25, 0.3) is 0 Å². The molecule has 3 rings (SSSR count). The van der Waals surface area contributed by atoms with Crippen LogP contribution in [0.15, 0.2) is 82.6 Å². The summed E-state index contributed by atoms with van der Waals surface area (Å²) < 4.78 is 5.07. The van der Waals surface area contributed by atoms with Crippen LogP contribution in [0.2, 0.25) is 0 Å². The first-order valence-corrected chi connectivity index (χ1v) is 9.07. The summed E-state index contributed by atoms with van der Waals surface area (Å²) in [5, 5.41) is 9.28. The fourth-order valence-electron chi connectivity index (χ4n) is 2.63. The maximum Gasteiger partial charge on any atom is 0.265 e. The van der Waals surface area contributed by atoms with Crippen molar-refractivity contribution in [3.63, 3.8) is 0 Å². The lowest BCUT2D eigenvalue weighted by Crippen LogP contribution is -2.28. The number of furan rings is 1. The van der Waals surface area contributed by atoms with Crippen LogP contribution in [0.4, 0.5) is 5.69 Å². The third-order valence-electron chi connectivity index (χ3n) is 4.09. The summed E-state index contributed by atoms with van der Waals surface area (Å²) in [4.78, 5) is 29.8. The van der Waals surface area contributed by atoms with E-state index >= 15 is 0 Å². The first-order valence-electron chi connectivity index (χ1n) is 9.07. The van der Waals surface area contributed by atoms with Gasteiger partial charge >= 0.3 is 0 Å². The Hall–Kier alpha value is -3.87. The average molecular weight is 391 g/mol. The molecule has 2 amide bonds. The van der Waals surface area contributed by atoms with Gasteiger partial charge in [0.2, 0.25) is 0 Å². The molecule has 7 nitrogen and oxygen atoms in total. The molecule has 0 radical (unpaired) electrons. The molecule has 0 bridgehead atoms. The second-order valence-corrected chi connectivity index (χ2v) is 6.22. The first kappa shape index (κ1) is 19.9. The lowest BCUT2D eigenvalue weighted by molar-refractivity contribution is -0.120. The van der Waals surface area contributed by atoms with Crippen molar-refractivity contribution in [1.29, 1.82) is 0 Å². The molecule has 7 heteroatoms. The Morgan fingerprint density at radius 2 is 1.83 bits per heavy atom. The minimum absolute atomic E-state index is 0.174. The molecule has 1 atom stereocenters. The zero-order chi connectivity index (χ0) is 20.5. The second kappa shape index (κ2) is 9.89. The Labute approximate surface area is 168 Å². The summed E-state index contributed by atoms with van der Waals surface area (Å²) in [6, 6.07) is 19.7. The number of nitrogens with zero attached hydrogens (tertiary/aromatic N) is 1. The number of nitrogens with one attached hydrogen (secondary N) is 2. The van der Waals surface area contributed by atoms with E-state index < -0.39 is 5.91 Å². The SMILES string of the molecule is C[C@H](NC(=O)c1ccccc1NC(=O)CO/N=C\c1ccco1)c1ccccc1. The smallest absolute Gasteiger partial charge is 0.265 e. The largest absolute Gasteiger partial charge is 0.463 e. The van der Waals surface area contributed by atoms with Gasteiger partial charge in [0.25, 0.3) is 11.8 Å². The summed E-state index contributed by atoms with van der Waals surface area (Å²) >= 11 is 0. The zero-order valence-corrected chi connectivity index (χ0v) is 15.9. The molecular weight excluding hydrogens is 370 g/mol. The molecule has 148 valence electrons. The van der Waals surface area contributed by atoms with Crippen molar-refractivity contribution < 1.29 is 18.8 Å². The number of amides is 2. The highest BCUT2D eigenvalue weighted by molar-refractivity contribution is 6.04. The number of rotatable bonds is 8.